The molecular formula is CH3B15. The molecule has 52 valence electrons. The maximum Gasteiger partial charge on any atom is 0.0414 e. The fraction of sp³-hybridized carbons (Fsp3) is 1.00. The van der Waals surface area contributed by atoms with Gasteiger partial charge >= 0.3 is 0 Å². The van der Waals surface area contributed by atoms with E-state index in [2.05, 4.69) is 0 Å². The van der Waals surface area contributed by atoms with Crippen LogP contribution in [0.15, 0.2) is 0 Å². The molecule has 16 heavy (non-hydrogen) atoms. The van der Waals surface area contributed by atoms with Gasteiger partial charge in [0.05, 0.1) is 0 Å². The number of hydrogen-bond donors (Lipinski definition) is 0. The topological polar surface area (TPSA) is 0 Å². The zero-order chi connectivity index (χ0) is 12.1. The summed E-state index contributed by atoms with van der Waals surface area (Å²) < 4.78 is 0. The molecule has 0 unspecified atom stereocenters. The molecule has 0 saturated heterocycles. The Morgan fingerprint density at radius 1 is 0.688 bits per heavy atom. The van der Waals surface area contributed by atoms with E-state index in [4.69, 9.17) is 15.5 Å². The molecule has 0 aliphatic carbocycles. The van der Waals surface area contributed by atoms with Crippen LogP contribution in [0.4, 0.5) is 0 Å². The van der Waals surface area contributed by atoms with Crippen molar-refractivity contribution in [3.05, 3.63) is 0 Å². The summed E-state index contributed by atoms with van der Waals surface area (Å²) in [4.78, 5) is 0. The molecule has 0 aromatic carbocycles. The van der Waals surface area contributed by atoms with Gasteiger partial charge in [-0.3, -0.25) is 0 Å². The van der Waals surface area contributed by atoms with Gasteiger partial charge in [-0.1, -0.05) is 0 Å². The molecule has 0 aromatic rings. The second kappa shape index (κ2) is 14.0. The molecule has 0 rings (SSSR count). The smallest absolute Gasteiger partial charge is 0.0414 e. The van der Waals surface area contributed by atoms with Crippen LogP contribution in [0.3, 0.4) is 0 Å². The first-order chi connectivity index (χ1) is 7.77. The van der Waals surface area contributed by atoms with E-state index in [1.54, 1.807) is 7.06 Å². The third-order valence-electron chi connectivity index (χ3n) is 1.53. The lowest BCUT2D eigenvalue weighted by atomic mass is 8.84. The average molecular weight is 177 g/mol. The Hall–Kier alpha value is 0.974. The fourth-order valence-electron chi connectivity index (χ4n) is 0.817. The van der Waals surface area contributed by atoms with Gasteiger partial charge < -0.3 is 0 Å². The SMILES string of the molecule is [B][B][B][B][B][B][B][B][B][B][B][B][B]B([B])C. The second-order valence-electron chi connectivity index (χ2n) is 3.17. The van der Waals surface area contributed by atoms with Crippen LogP contribution in [0.2, 0.25) is 6.82 Å². The molecule has 0 bridgehead atoms. The molecule has 16 radical (unpaired) electrons. The monoisotopic (exact) mass is 180 g/mol. The quantitative estimate of drug-likeness (QED) is 0.207. The van der Waals surface area contributed by atoms with Gasteiger partial charge in [-0.2, -0.15) is 0 Å². The van der Waals surface area contributed by atoms with Crippen molar-refractivity contribution in [3.63, 3.8) is 0 Å². The van der Waals surface area contributed by atoms with Crippen molar-refractivity contribution >= 4 is 107 Å². The first-order valence-electron chi connectivity index (χ1n) is 5.24. The molecule has 0 atom stereocenters. The van der Waals surface area contributed by atoms with E-state index in [1.807, 2.05) is 77.4 Å². The van der Waals surface area contributed by atoms with E-state index in [-0.39, 0.29) is 6.49 Å². The molecule has 0 fully saturated rings. The fourth-order valence-corrected chi connectivity index (χ4v) is 0.817. The van der Waals surface area contributed by atoms with Gasteiger partial charge in [0.25, 0.3) is 0 Å². The standard InChI is InChI=1S/CH3B15/c1-16(3)15-14-13-12-11-10-9-8-7-6-5-4-2/h1H3. The zero-order valence-corrected chi connectivity index (χ0v) is 9.66. The zero-order valence-electron chi connectivity index (χ0n) is 9.66. The minimum Gasteiger partial charge on any atom is -0.101 e. The van der Waals surface area contributed by atoms with E-state index in [9.17, 15) is 0 Å². The van der Waals surface area contributed by atoms with Gasteiger partial charge in [0.15, 0.2) is 0 Å². The minimum absolute atomic E-state index is 0.106. The Balaban J connectivity index is 2.88. The molecule has 0 amide bonds. The average Bonchev–Trinajstić information content (AvgIpc) is 2.25. The Morgan fingerprint density at radius 2 is 1.06 bits per heavy atom. The Kier molecular flexibility index (Phi) is 14.9. The highest BCUT2D eigenvalue weighted by molar-refractivity contribution is 7.73. The van der Waals surface area contributed by atoms with Crippen LogP contribution >= 0.6 is 0 Å². The summed E-state index contributed by atoms with van der Waals surface area (Å²) in [6.07, 6.45) is 0. The third kappa shape index (κ3) is 15.0. The van der Waals surface area contributed by atoms with Crippen molar-refractivity contribution < 1.29 is 0 Å². The van der Waals surface area contributed by atoms with E-state index in [0.717, 1.165) is 0 Å². The summed E-state index contributed by atoms with van der Waals surface area (Å²) in [5, 5.41) is 0. The van der Waals surface area contributed by atoms with Crippen molar-refractivity contribution in [3.8, 4) is 0 Å². The Labute approximate surface area is 113 Å². The van der Waals surface area contributed by atoms with Crippen LogP contribution in [-0.4, -0.2) is 107 Å². The molecule has 0 nitrogen and oxygen atoms in total. The van der Waals surface area contributed by atoms with Crippen molar-refractivity contribution in [1.82, 2.24) is 0 Å². The molecule has 0 saturated carbocycles. The third-order valence-corrected chi connectivity index (χ3v) is 1.53. The number of rotatable bonds is 12. The van der Waals surface area contributed by atoms with Crippen LogP contribution in [0, 0.1) is 0 Å². The summed E-state index contributed by atoms with van der Waals surface area (Å²) in [6.45, 7) is 2.04. The lowest BCUT2D eigenvalue weighted by Crippen LogP contribution is -2.36. The van der Waals surface area contributed by atoms with Crippen LogP contribution in [0.25, 0.3) is 0 Å². The van der Waals surface area contributed by atoms with Crippen LogP contribution in [0.5, 0.6) is 0 Å². The van der Waals surface area contributed by atoms with Gasteiger partial charge in [0, 0.05) is 107 Å². The molecular weight excluding hydrogens is 174 g/mol. The molecule has 0 N–H and O–H groups in total. The molecule has 0 heterocycles. The summed E-state index contributed by atoms with van der Waals surface area (Å²) in [5.41, 5.74) is 0. The summed E-state index contributed by atoms with van der Waals surface area (Å²) in [5.74, 6) is 0. The van der Waals surface area contributed by atoms with Gasteiger partial charge in [-0.15, -0.1) is 6.82 Å². The molecule has 0 aliphatic heterocycles. The maximum atomic E-state index is 5.54. The van der Waals surface area contributed by atoms with Gasteiger partial charge in [0.1, 0.15) is 0 Å². The lowest BCUT2D eigenvalue weighted by molar-refractivity contribution is 2.34. The van der Waals surface area contributed by atoms with Crippen LogP contribution < -0.4 is 0 Å². The highest BCUT2D eigenvalue weighted by Crippen LogP contribution is 1.66. The largest absolute Gasteiger partial charge is 0.101 e. The molecule has 0 aliphatic rings. The molecule has 0 aromatic heterocycles. The first kappa shape index (κ1) is 17.0. The van der Waals surface area contributed by atoms with E-state index in [1.165, 1.54) is 7.06 Å². The van der Waals surface area contributed by atoms with Gasteiger partial charge in [0.2, 0.25) is 0 Å². The highest BCUT2D eigenvalue weighted by atomic mass is 13.0. The van der Waals surface area contributed by atoms with Crippen molar-refractivity contribution in [2.24, 2.45) is 0 Å². The van der Waals surface area contributed by atoms with Crippen LogP contribution in [-0.2, 0) is 0 Å². The Morgan fingerprint density at radius 3 is 1.44 bits per heavy atom. The molecule has 15 heteroatoms. The van der Waals surface area contributed by atoms with E-state index >= 15 is 0 Å². The highest BCUT2D eigenvalue weighted by Gasteiger charge is 2.00. The van der Waals surface area contributed by atoms with Crippen molar-refractivity contribution in [1.29, 1.82) is 0 Å². The lowest BCUT2D eigenvalue weighted by Gasteiger charge is -1.98. The minimum atomic E-state index is 0.106. The van der Waals surface area contributed by atoms with Gasteiger partial charge in [-0.25, -0.2) is 0 Å². The van der Waals surface area contributed by atoms with Crippen molar-refractivity contribution in [2.45, 2.75) is 6.82 Å². The summed E-state index contributed by atoms with van der Waals surface area (Å²) in [7, 11) is 33.3. The number of hydrogen-bond acceptors (Lipinski definition) is 0. The summed E-state index contributed by atoms with van der Waals surface area (Å²) in [6, 6.07) is 0. The predicted molar refractivity (Wildman–Crippen MR) is 92.2 cm³/mol. The normalized spacial score (nSPS) is 7.56. The predicted octanol–water partition coefficient (Wildman–Crippen LogP) is -5.13. The second-order valence-corrected chi connectivity index (χ2v) is 3.17. The molecule has 0 spiro atoms. The Bertz CT molecular complexity index is 121. The summed E-state index contributed by atoms with van der Waals surface area (Å²) >= 11 is 0. The van der Waals surface area contributed by atoms with Gasteiger partial charge in [-0.05, 0) is 0 Å². The first-order valence-corrected chi connectivity index (χ1v) is 5.24. The maximum absolute atomic E-state index is 5.54. The van der Waals surface area contributed by atoms with E-state index in [0.29, 0.717) is 0 Å². The van der Waals surface area contributed by atoms with Crippen LogP contribution in [0.1, 0.15) is 0 Å². The van der Waals surface area contributed by atoms with E-state index < -0.39 is 0 Å². The van der Waals surface area contributed by atoms with Crippen molar-refractivity contribution in [2.75, 3.05) is 0 Å².